The van der Waals surface area contributed by atoms with Crippen LogP contribution in [0.15, 0.2) is 11.1 Å². The zero-order valence-corrected chi connectivity index (χ0v) is 6.06. The van der Waals surface area contributed by atoms with Gasteiger partial charge >= 0.3 is 0 Å². The van der Waals surface area contributed by atoms with Gasteiger partial charge in [-0.1, -0.05) is 22.5 Å². The number of aliphatic hydroxyl groups is 2. The van der Waals surface area contributed by atoms with E-state index < -0.39 is 6.10 Å². The number of hydrogen-bond donors (Lipinski definition) is 2. The molecule has 0 aliphatic rings. The molecule has 0 heterocycles. The number of rotatable bonds is 3. The lowest BCUT2D eigenvalue weighted by Gasteiger charge is -2.02. The van der Waals surface area contributed by atoms with Gasteiger partial charge in [0.2, 0.25) is 0 Å². The monoisotopic (exact) mass is 180 g/mol. The van der Waals surface area contributed by atoms with Crippen molar-refractivity contribution in [2.45, 2.75) is 12.5 Å². The van der Waals surface area contributed by atoms with Gasteiger partial charge in [-0.2, -0.15) is 0 Å². The first-order valence-electron chi connectivity index (χ1n) is 2.29. The van der Waals surface area contributed by atoms with Crippen LogP contribution in [0.4, 0.5) is 0 Å². The summed E-state index contributed by atoms with van der Waals surface area (Å²) in [5.74, 6) is 0. The molecular formula is C5H9BrO2. The number of halogens is 1. The Morgan fingerprint density at radius 2 is 2.25 bits per heavy atom. The first-order valence-corrected chi connectivity index (χ1v) is 3.08. The van der Waals surface area contributed by atoms with Gasteiger partial charge in [0.15, 0.2) is 0 Å². The van der Waals surface area contributed by atoms with Gasteiger partial charge in [-0.3, -0.25) is 0 Å². The molecule has 0 aliphatic carbocycles. The molecule has 0 aliphatic heterocycles. The van der Waals surface area contributed by atoms with Crippen molar-refractivity contribution in [1.82, 2.24) is 0 Å². The molecule has 0 aromatic carbocycles. The van der Waals surface area contributed by atoms with Gasteiger partial charge < -0.3 is 10.2 Å². The van der Waals surface area contributed by atoms with Gasteiger partial charge in [0.25, 0.3) is 0 Å². The van der Waals surface area contributed by atoms with E-state index in [9.17, 15) is 0 Å². The highest BCUT2D eigenvalue weighted by atomic mass is 79.9. The van der Waals surface area contributed by atoms with E-state index in [1.807, 2.05) is 0 Å². The first-order chi connectivity index (χ1) is 3.66. The second kappa shape index (κ2) is 4.06. The molecule has 0 radical (unpaired) electrons. The van der Waals surface area contributed by atoms with Crippen molar-refractivity contribution in [1.29, 1.82) is 0 Å². The third-order valence-electron chi connectivity index (χ3n) is 0.668. The van der Waals surface area contributed by atoms with E-state index in [1.54, 1.807) is 0 Å². The van der Waals surface area contributed by atoms with Crippen molar-refractivity contribution in [2.75, 3.05) is 6.61 Å². The molecule has 2 nitrogen and oxygen atoms in total. The van der Waals surface area contributed by atoms with Crippen LogP contribution in [0.2, 0.25) is 0 Å². The SMILES string of the molecule is C=C(Br)CC(O)CO. The summed E-state index contributed by atoms with van der Waals surface area (Å²) in [7, 11) is 0. The molecule has 0 aromatic heterocycles. The van der Waals surface area contributed by atoms with Crippen LogP contribution in [0.1, 0.15) is 6.42 Å². The summed E-state index contributed by atoms with van der Waals surface area (Å²) >= 11 is 3.05. The molecule has 1 atom stereocenters. The van der Waals surface area contributed by atoms with Gasteiger partial charge in [0.05, 0.1) is 12.7 Å². The molecule has 0 bridgehead atoms. The molecule has 48 valence electrons. The van der Waals surface area contributed by atoms with Crippen molar-refractivity contribution < 1.29 is 10.2 Å². The molecule has 2 N–H and O–H groups in total. The summed E-state index contributed by atoms with van der Waals surface area (Å²) in [5.41, 5.74) is 0. The van der Waals surface area contributed by atoms with Crippen molar-refractivity contribution in [3.63, 3.8) is 0 Å². The van der Waals surface area contributed by atoms with Gasteiger partial charge in [0.1, 0.15) is 0 Å². The Morgan fingerprint density at radius 3 is 2.38 bits per heavy atom. The van der Waals surface area contributed by atoms with E-state index in [1.165, 1.54) is 0 Å². The standard InChI is InChI=1S/C5H9BrO2/c1-4(6)2-5(8)3-7/h5,7-8H,1-3H2. The molecule has 8 heavy (non-hydrogen) atoms. The van der Waals surface area contributed by atoms with Crippen LogP contribution in [-0.2, 0) is 0 Å². The van der Waals surface area contributed by atoms with Crippen LogP contribution in [0.5, 0.6) is 0 Å². The predicted octanol–water partition coefficient (Wildman–Crippen LogP) is 0.638. The molecular weight excluding hydrogens is 172 g/mol. The smallest absolute Gasteiger partial charge is 0.0816 e. The van der Waals surface area contributed by atoms with Gasteiger partial charge in [-0.15, -0.1) is 0 Å². The molecule has 0 rings (SSSR count). The molecule has 0 saturated carbocycles. The summed E-state index contributed by atoms with van der Waals surface area (Å²) < 4.78 is 0.707. The van der Waals surface area contributed by atoms with Crippen LogP contribution in [0, 0.1) is 0 Å². The average Bonchev–Trinajstić information content (AvgIpc) is 1.65. The molecule has 0 spiro atoms. The molecule has 0 fully saturated rings. The summed E-state index contributed by atoms with van der Waals surface area (Å²) in [4.78, 5) is 0. The number of hydrogen-bond acceptors (Lipinski definition) is 2. The van der Waals surface area contributed by atoms with Crippen LogP contribution in [0.25, 0.3) is 0 Å². The van der Waals surface area contributed by atoms with Gasteiger partial charge in [-0.25, -0.2) is 0 Å². The molecule has 1 unspecified atom stereocenters. The highest BCUT2D eigenvalue weighted by molar-refractivity contribution is 9.11. The van der Waals surface area contributed by atoms with Crippen molar-refractivity contribution >= 4 is 15.9 Å². The lowest BCUT2D eigenvalue weighted by atomic mass is 10.3. The second-order valence-electron chi connectivity index (χ2n) is 1.56. The zero-order chi connectivity index (χ0) is 6.57. The Bertz CT molecular complexity index is 82.5. The Labute approximate surface area is 57.0 Å². The Balaban J connectivity index is 3.24. The van der Waals surface area contributed by atoms with E-state index in [4.69, 9.17) is 10.2 Å². The average molecular weight is 181 g/mol. The fraction of sp³-hybridized carbons (Fsp3) is 0.600. The fourth-order valence-electron chi connectivity index (χ4n) is 0.320. The summed E-state index contributed by atoms with van der Waals surface area (Å²) in [6, 6.07) is 0. The molecule has 0 aromatic rings. The fourth-order valence-corrected chi connectivity index (χ4v) is 0.694. The highest BCUT2D eigenvalue weighted by Crippen LogP contribution is 2.08. The molecule has 0 saturated heterocycles. The maximum Gasteiger partial charge on any atom is 0.0816 e. The topological polar surface area (TPSA) is 40.5 Å². The molecule has 3 heteroatoms. The third kappa shape index (κ3) is 4.30. The molecule has 0 amide bonds. The minimum atomic E-state index is -0.665. The van der Waals surface area contributed by atoms with Crippen LogP contribution >= 0.6 is 15.9 Å². The largest absolute Gasteiger partial charge is 0.394 e. The van der Waals surface area contributed by atoms with E-state index in [-0.39, 0.29) is 6.61 Å². The zero-order valence-electron chi connectivity index (χ0n) is 4.47. The quantitative estimate of drug-likeness (QED) is 0.670. The van der Waals surface area contributed by atoms with E-state index in [0.717, 1.165) is 0 Å². The maximum atomic E-state index is 8.69. The van der Waals surface area contributed by atoms with E-state index in [0.29, 0.717) is 10.9 Å². The predicted molar refractivity (Wildman–Crippen MR) is 35.8 cm³/mol. The van der Waals surface area contributed by atoms with Gasteiger partial charge in [-0.05, 0) is 4.48 Å². The lowest BCUT2D eigenvalue weighted by molar-refractivity contribution is 0.0971. The Hall–Kier alpha value is 0.140. The van der Waals surface area contributed by atoms with Crippen molar-refractivity contribution in [3.8, 4) is 0 Å². The van der Waals surface area contributed by atoms with Crippen molar-refractivity contribution in [2.24, 2.45) is 0 Å². The minimum Gasteiger partial charge on any atom is -0.394 e. The Morgan fingerprint density at radius 1 is 1.75 bits per heavy atom. The van der Waals surface area contributed by atoms with E-state index in [2.05, 4.69) is 22.5 Å². The second-order valence-corrected chi connectivity index (χ2v) is 2.68. The Kier molecular flexibility index (Phi) is 4.13. The summed E-state index contributed by atoms with van der Waals surface area (Å²) in [5, 5.41) is 17.0. The lowest BCUT2D eigenvalue weighted by Crippen LogP contribution is -2.10. The van der Waals surface area contributed by atoms with Gasteiger partial charge in [0, 0.05) is 6.42 Å². The van der Waals surface area contributed by atoms with Crippen LogP contribution in [0.3, 0.4) is 0 Å². The highest BCUT2D eigenvalue weighted by Gasteiger charge is 2.00. The third-order valence-corrected chi connectivity index (χ3v) is 0.992. The maximum absolute atomic E-state index is 8.69. The minimum absolute atomic E-state index is 0.204. The number of aliphatic hydroxyl groups excluding tert-OH is 2. The van der Waals surface area contributed by atoms with Crippen LogP contribution in [-0.4, -0.2) is 22.9 Å². The summed E-state index contributed by atoms with van der Waals surface area (Å²) in [6.07, 6.45) is -0.252. The first kappa shape index (κ1) is 8.14. The normalized spacial score (nSPS) is 13.4. The van der Waals surface area contributed by atoms with Crippen molar-refractivity contribution in [3.05, 3.63) is 11.1 Å². The van der Waals surface area contributed by atoms with E-state index >= 15 is 0 Å². The van der Waals surface area contributed by atoms with Crippen LogP contribution < -0.4 is 0 Å². The summed E-state index contributed by atoms with van der Waals surface area (Å²) in [6.45, 7) is 3.28.